The molecule has 11 heteroatoms. The van der Waals surface area contributed by atoms with Crippen LogP contribution in [-0.4, -0.2) is 67.0 Å². The number of aliphatic hydroxyl groups excluding tert-OH is 1. The lowest BCUT2D eigenvalue weighted by atomic mass is 9.88. The fourth-order valence-corrected chi connectivity index (χ4v) is 3.95. The normalized spacial score (nSPS) is 16.6. The summed E-state index contributed by atoms with van der Waals surface area (Å²) in [7, 11) is 0. The van der Waals surface area contributed by atoms with Gasteiger partial charge in [0.05, 0.1) is 10.8 Å². The van der Waals surface area contributed by atoms with E-state index in [0.29, 0.717) is 12.8 Å². The zero-order valence-electron chi connectivity index (χ0n) is 27.4. The molecular weight excluding hydrogens is 572 g/mol. The smallest absolute Gasteiger partial charge is 0.347 e. The summed E-state index contributed by atoms with van der Waals surface area (Å²) >= 11 is 0. The van der Waals surface area contributed by atoms with E-state index in [1.54, 1.807) is 27.7 Å². The lowest BCUT2D eigenvalue weighted by Crippen LogP contribution is -2.40. The van der Waals surface area contributed by atoms with E-state index >= 15 is 0 Å². The van der Waals surface area contributed by atoms with Gasteiger partial charge in [-0.25, -0.2) is 9.59 Å². The summed E-state index contributed by atoms with van der Waals surface area (Å²) in [6.45, 7) is 12.6. The van der Waals surface area contributed by atoms with E-state index in [9.17, 15) is 29.1 Å². The van der Waals surface area contributed by atoms with Gasteiger partial charge in [-0.3, -0.25) is 14.4 Å². The van der Waals surface area contributed by atoms with Gasteiger partial charge in [0.2, 0.25) is 0 Å². The quantitative estimate of drug-likeness (QED) is 0.171. The molecule has 0 bridgehead atoms. The molecule has 0 fully saturated rings. The number of ether oxygens (including phenoxy) is 5. The lowest BCUT2D eigenvalue weighted by Gasteiger charge is -2.27. The number of hydrogen-bond donors (Lipinski definition) is 1. The third kappa shape index (κ3) is 12.6. The van der Waals surface area contributed by atoms with E-state index in [-0.39, 0.29) is 51.1 Å². The fraction of sp³-hybridized carbons (Fsp3) is 0.667. The summed E-state index contributed by atoms with van der Waals surface area (Å²) in [6, 6.07) is 9.17. The molecule has 11 nitrogen and oxygen atoms in total. The molecule has 1 rings (SSSR count). The van der Waals surface area contributed by atoms with Crippen LogP contribution in [-0.2, 0) is 54.3 Å². The Morgan fingerprint density at radius 3 is 1.84 bits per heavy atom. The Bertz CT molecular complexity index is 1090. The molecule has 0 heterocycles. The monoisotopic (exact) mass is 622 g/mol. The average molecular weight is 623 g/mol. The van der Waals surface area contributed by atoms with E-state index in [4.69, 9.17) is 23.7 Å². The maximum absolute atomic E-state index is 12.9. The summed E-state index contributed by atoms with van der Waals surface area (Å²) in [5.74, 6) is -3.55. The number of aliphatic hydroxyl groups is 1. The van der Waals surface area contributed by atoms with Gasteiger partial charge in [0.25, 0.3) is 0 Å². The summed E-state index contributed by atoms with van der Waals surface area (Å²) in [4.78, 5) is 63.1. The van der Waals surface area contributed by atoms with Gasteiger partial charge in [-0.15, -0.1) is 0 Å². The van der Waals surface area contributed by atoms with Crippen molar-refractivity contribution in [2.24, 2.45) is 22.7 Å². The van der Waals surface area contributed by atoms with Gasteiger partial charge in [-0.1, -0.05) is 58.0 Å². The Balaban J connectivity index is 2.60. The van der Waals surface area contributed by atoms with E-state index in [1.807, 2.05) is 44.2 Å². The first-order valence-corrected chi connectivity index (χ1v) is 15.2. The van der Waals surface area contributed by atoms with Crippen LogP contribution in [0, 0.1) is 22.7 Å². The molecule has 248 valence electrons. The molecule has 0 amide bonds. The highest BCUT2D eigenvalue weighted by molar-refractivity contribution is 5.84. The van der Waals surface area contributed by atoms with Gasteiger partial charge in [0, 0.05) is 13.0 Å². The number of esters is 5. The van der Waals surface area contributed by atoms with Crippen molar-refractivity contribution in [1.82, 2.24) is 0 Å². The molecule has 1 aromatic rings. The number of carbonyl (C=O) groups excluding carboxylic acids is 5. The van der Waals surface area contributed by atoms with Crippen LogP contribution in [0.2, 0.25) is 0 Å². The third-order valence-corrected chi connectivity index (χ3v) is 7.72. The molecule has 0 aromatic heterocycles. The first-order chi connectivity index (χ1) is 20.6. The minimum Gasteiger partial charge on any atom is -0.464 e. The fourth-order valence-electron chi connectivity index (χ4n) is 3.95. The van der Waals surface area contributed by atoms with Gasteiger partial charge in [-0.05, 0) is 64.4 Å². The van der Waals surface area contributed by atoms with Crippen LogP contribution in [0.4, 0.5) is 0 Å². The van der Waals surface area contributed by atoms with E-state index in [2.05, 4.69) is 0 Å². The predicted octanol–water partition coefficient (Wildman–Crippen LogP) is 4.56. The molecule has 44 heavy (non-hydrogen) atoms. The predicted molar refractivity (Wildman–Crippen MR) is 161 cm³/mol. The maximum Gasteiger partial charge on any atom is 0.347 e. The molecule has 1 N–H and O–H groups in total. The summed E-state index contributed by atoms with van der Waals surface area (Å²) < 4.78 is 26.5. The van der Waals surface area contributed by atoms with Crippen LogP contribution in [0.5, 0.6) is 0 Å². The summed E-state index contributed by atoms with van der Waals surface area (Å²) in [5, 5.41) is 9.20. The number of carbonyl (C=O) groups is 5. The average Bonchev–Trinajstić information content (AvgIpc) is 3.00. The Morgan fingerprint density at radius 1 is 0.727 bits per heavy atom. The zero-order valence-corrected chi connectivity index (χ0v) is 27.4. The first-order valence-electron chi connectivity index (χ1n) is 15.2. The number of benzene rings is 1. The van der Waals surface area contributed by atoms with Crippen molar-refractivity contribution in [2.45, 2.75) is 99.9 Å². The molecule has 6 atom stereocenters. The molecule has 0 spiro atoms. The first kappa shape index (κ1) is 38.6. The van der Waals surface area contributed by atoms with Crippen molar-refractivity contribution >= 4 is 29.8 Å². The summed E-state index contributed by atoms with van der Waals surface area (Å²) in [5.41, 5.74) is -1.50. The standard InChI is InChI=1S/C33H50O11/c1-9-32(7,30(38)40-19-26-14-12-11-13-15-26)21-42-28(36)24(5)43-29(37)25(6)44-31(39)33(8,10-2)20-41-27(35)17-22(3)16-23(4)18-34/h11-15,22-25,34H,9-10,16-21H2,1-8H3/t22?,23?,24-,25-,32?,33?/m0/s1. The molecule has 0 saturated heterocycles. The molecule has 0 aliphatic heterocycles. The minimum atomic E-state index is -1.35. The molecule has 0 saturated carbocycles. The molecular formula is C33H50O11. The van der Waals surface area contributed by atoms with Gasteiger partial charge in [0.15, 0.2) is 12.2 Å². The van der Waals surface area contributed by atoms with Crippen molar-refractivity contribution in [3.63, 3.8) is 0 Å². The molecule has 0 aliphatic carbocycles. The Hall–Kier alpha value is -3.47. The maximum atomic E-state index is 12.9. The number of rotatable bonds is 19. The summed E-state index contributed by atoms with van der Waals surface area (Å²) in [6.07, 6.45) is -1.29. The zero-order chi connectivity index (χ0) is 33.5. The number of hydrogen-bond acceptors (Lipinski definition) is 11. The molecule has 0 radical (unpaired) electrons. The van der Waals surface area contributed by atoms with Crippen molar-refractivity contribution in [1.29, 1.82) is 0 Å². The second-order valence-corrected chi connectivity index (χ2v) is 12.1. The van der Waals surface area contributed by atoms with Crippen LogP contribution in [0.15, 0.2) is 30.3 Å². The highest BCUT2D eigenvalue weighted by Gasteiger charge is 2.39. The Morgan fingerprint density at radius 2 is 1.27 bits per heavy atom. The molecule has 1 aromatic carbocycles. The highest BCUT2D eigenvalue weighted by atomic mass is 16.6. The van der Waals surface area contributed by atoms with Gasteiger partial charge < -0.3 is 28.8 Å². The van der Waals surface area contributed by atoms with Crippen LogP contribution < -0.4 is 0 Å². The van der Waals surface area contributed by atoms with Crippen molar-refractivity contribution in [2.75, 3.05) is 19.8 Å². The van der Waals surface area contributed by atoms with E-state index < -0.39 is 52.9 Å². The van der Waals surface area contributed by atoms with Gasteiger partial charge >= 0.3 is 29.8 Å². The Labute approximate surface area is 260 Å². The van der Waals surface area contributed by atoms with Crippen LogP contribution in [0.25, 0.3) is 0 Å². The van der Waals surface area contributed by atoms with Gasteiger partial charge in [-0.2, -0.15) is 0 Å². The lowest BCUT2D eigenvalue weighted by molar-refractivity contribution is -0.183. The van der Waals surface area contributed by atoms with Crippen LogP contribution in [0.3, 0.4) is 0 Å². The second kappa shape index (κ2) is 18.4. The molecule has 0 aliphatic rings. The largest absolute Gasteiger partial charge is 0.464 e. The Kier molecular flexibility index (Phi) is 16.1. The molecule has 4 unspecified atom stereocenters. The topological polar surface area (TPSA) is 152 Å². The highest BCUT2D eigenvalue weighted by Crippen LogP contribution is 2.27. The van der Waals surface area contributed by atoms with Crippen LogP contribution >= 0.6 is 0 Å². The van der Waals surface area contributed by atoms with Crippen molar-refractivity contribution in [3.05, 3.63) is 35.9 Å². The van der Waals surface area contributed by atoms with Crippen molar-refractivity contribution in [3.8, 4) is 0 Å². The van der Waals surface area contributed by atoms with E-state index in [1.165, 1.54) is 13.8 Å². The van der Waals surface area contributed by atoms with Crippen LogP contribution in [0.1, 0.15) is 86.6 Å². The van der Waals surface area contributed by atoms with Crippen molar-refractivity contribution < 1.29 is 52.8 Å². The minimum absolute atomic E-state index is 0.00265. The third-order valence-electron chi connectivity index (χ3n) is 7.72. The second-order valence-electron chi connectivity index (χ2n) is 12.1. The van der Waals surface area contributed by atoms with E-state index in [0.717, 1.165) is 5.56 Å². The SMILES string of the molecule is CCC(C)(COC(=O)[C@H](C)OC(=O)[C@H](C)OC(=O)C(C)(CC)COC(=O)CC(C)CC(C)CO)C(=O)OCc1ccccc1. The van der Waals surface area contributed by atoms with Gasteiger partial charge in [0.1, 0.15) is 19.8 Å².